The molecular weight excluding hydrogens is 132 g/mol. The minimum absolute atomic E-state index is 0.0961. The molecule has 4 heteroatoms. The molecule has 4 nitrogen and oxygen atoms in total. The van der Waals surface area contributed by atoms with Gasteiger partial charge in [-0.3, -0.25) is 4.79 Å². The van der Waals surface area contributed by atoms with E-state index in [1.54, 1.807) is 0 Å². The Morgan fingerprint density at radius 3 is 3.10 bits per heavy atom. The number of hydrogen-bond acceptors (Lipinski definition) is 3. The van der Waals surface area contributed by atoms with Crippen LogP contribution >= 0.6 is 0 Å². The number of nitrogens with one attached hydrogen (secondary N) is 1. The van der Waals surface area contributed by atoms with E-state index in [0.29, 0.717) is 6.61 Å². The Labute approximate surface area is 59.7 Å². The number of morpholine rings is 1. The van der Waals surface area contributed by atoms with Crippen molar-refractivity contribution < 1.29 is 9.53 Å². The number of nitrogens with two attached hydrogens (primary N) is 1. The lowest BCUT2D eigenvalue weighted by Gasteiger charge is -2.26. The zero-order valence-electron chi connectivity index (χ0n) is 5.96. The molecule has 1 rings (SSSR count). The standard InChI is InChI=1S/C6H12N2O2/c1-4-3-10-5(2-7)6(9)8-4/h4-5H,2-3,7H2,1H3,(H,8,9). The second-order valence-corrected chi connectivity index (χ2v) is 2.47. The molecule has 2 unspecified atom stereocenters. The maximum atomic E-state index is 10.9. The SMILES string of the molecule is CC1COC(CN)C(=O)N1. The topological polar surface area (TPSA) is 64.3 Å². The van der Waals surface area contributed by atoms with Gasteiger partial charge in [-0.1, -0.05) is 0 Å². The van der Waals surface area contributed by atoms with Crippen LogP contribution in [0.5, 0.6) is 0 Å². The first-order valence-electron chi connectivity index (χ1n) is 3.36. The van der Waals surface area contributed by atoms with E-state index in [1.807, 2.05) is 6.92 Å². The van der Waals surface area contributed by atoms with Crippen molar-refractivity contribution in [1.82, 2.24) is 5.32 Å². The summed E-state index contributed by atoms with van der Waals surface area (Å²) in [6.45, 7) is 2.72. The molecule has 10 heavy (non-hydrogen) atoms. The molecule has 1 aliphatic heterocycles. The summed E-state index contributed by atoms with van der Waals surface area (Å²) >= 11 is 0. The van der Waals surface area contributed by atoms with Crippen molar-refractivity contribution in [2.75, 3.05) is 13.2 Å². The van der Waals surface area contributed by atoms with Gasteiger partial charge in [0.05, 0.1) is 6.61 Å². The second kappa shape index (κ2) is 2.98. The van der Waals surface area contributed by atoms with Crippen molar-refractivity contribution in [3.8, 4) is 0 Å². The third-order valence-electron chi connectivity index (χ3n) is 1.44. The first kappa shape index (κ1) is 7.50. The molecule has 1 heterocycles. The van der Waals surface area contributed by atoms with Gasteiger partial charge in [0.2, 0.25) is 0 Å². The van der Waals surface area contributed by atoms with Gasteiger partial charge in [-0.25, -0.2) is 0 Å². The van der Waals surface area contributed by atoms with Crippen LogP contribution in [0.3, 0.4) is 0 Å². The highest BCUT2D eigenvalue weighted by molar-refractivity contribution is 5.81. The van der Waals surface area contributed by atoms with Crippen LogP contribution in [0.25, 0.3) is 0 Å². The molecule has 1 aliphatic rings. The first-order chi connectivity index (χ1) is 4.74. The van der Waals surface area contributed by atoms with Crippen LogP contribution in [0.1, 0.15) is 6.92 Å². The van der Waals surface area contributed by atoms with Crippen molar-refractivity contribution in [3.63, 3.8) is 0 Å². The molecule has 1 amide bonds. The van der Waals surface area contributed by atoms with Crippen LogP contribution in [-0.2, 0) is 9.53 Å². The maximum absolute atomic E-state index is 10.9. The molecule has 3 N–H and O–H groups in total. The van der Waals surface area contributed by atoms with E-state index in [1.165, 1.54) is 0 Å². The van der Waals surface area contributed by atoms with Crippen LogP contribution in [0.4, 0.5) is 0 Å². The van der Waals surface area contributed by atoms with Gasteiger partial charge < -0.3 is 15.8 Å². The average Bonchev–Trinajstić information content (AvgIpc) is 1.88. The number of hydrogen-bond donors (Lipinski definition) is 2. The fraction of sp³-hybridized carbons (Fsp3) is 0.833. The van der Waals surface area contributed by atoms with E-state index in [-0.39, 0.29) is 18.5 Å². The van der Waals surface area contributed by atoms with Gasteiger partial charge in [-0.15, -0.1) is 0 Å². The summed E-state index contributed by atoms with van der Waals surface area (Å²) < 4.78 is 5.11. The second-order valence-electron chi connectivity index (χ2n) is 2.47. The van der Waals surface area contributed by atoms with E-state index >= 15 is 0 Å². The fourth-order valence-electron chi connectivity index (χ4n) is 0.889. The van der Waals surface area contributed by atoms with Crippen molar-refractivity contribution in [2.24, 2.45) is 5.73 Å². The average molecular weight is 144 g/mol. The lowest BCUT2D eigenvalue weighted by molar-refractivity contribution is -0.139. The van der Waals surface area contributed by atoms with E-state index in [4.69, 9.17) is 10.5 Å². The zero-order chi connectivity index (χ0) is 7.56. The van der Waals surface area contributed by atoms with Gasteiger partial charge in [-0.2, -0.15) is 0 Å². The predicted molar refractivity (Wildman–Crippen MR) is 36.4 cm³/mol. The third-order valence-corrected chi connectivity index (χ3v) is 1.44. The Bertz CT molecular complexity index is 138. The number of carbonyl (C=O) groups excluding carboxylic acids is 1. The summed E-state index contributed by atoms with van der Waals surface area (Å²) in [6, 6.07) is 0.121. The molecule has 2 atom stereocenters. The maximum Gasteiger partial charge on any atom is 0.250 e. The van der Waals surface area contributed by atoms with Crippen LogP contribution in [-0.4, -0.2) is 31.2 Å². The molecule has 0 spiro atoms. The fourth-order valence-corrected chi connectivity index (χ4v) is 0.889. The van der Waals surface area contributed by atoms with Crippen LogP contribution in [0.2, 0.25) is 0 Å². The monoisotopic (exact) mass is 144 g/mol. The van der Waals surface area contributed by atoms with Crippen molar-refractivity contribution in [3.05, 3.63) is 0 Å². The molecule has 1 fully saturated rings. The summed E-state index contributed by atoms with van der Waals surface area (Å²) in [4.78, 5) is 10.9. The molecule has 0 bridgehead atoms. The number of amides is 1. The first-order valence-corrected chi connectivity index (χ1v) is 3.36. The Balaban J connectivity index is 2.43. The molecular formula is C6H12N2O2. The molecule has 0 aromatic rings. The van der Waals surface area contributed by atoms with Crippen molar-refractivity contribution in [2.45, 2.75) is 19.1 Å². The van der Waals surface area contributed by atoms with Gasteiger partial charge in [0, 0.05) is 12.6 Å². The van der Waals surface area contributed by atoms with Gasteiger partial charge in [-0.05, 0) is 6.92 Å². The summed E-state index contributed by atoms with van der Waals surface area (Å²) in [5.74, 6) is -0.0961. The van der Waals surface area contributed by atoms with E-state index < -0.39 is 6.10 Å². The normalized spacial score (nSPS) is 33.6. The molecule has 0 aromatic heterocycles. The summed E-state index contributed by atoms with van der Waals surface area (Å²) in [7, 11) is 0. The minimum atomic E-state index is -0.434. The number of carbonyl (C=O) groups is 1. The molecule has 0 saturated carbocycles. The molecule has 58 valence electrons. The van der Waals surface area contributed by atoms with E-state index in [2.05, 4.69) is 5.32 Å². The van der Waals surface area contributed by atoms with E-state index in [9.17, 15) is 4.79 Å². The van der Waals surface area contributed by atoms with E-state index in [0.717, 1.165) is 0 Å². The lowest BCUT2D eigenvalue weighted by atomic mass is 10.2. The minimum Gasteiger partial charge on any atom is -0.365 e. The van der Waals surface area contributed by atoms with Gasteiger partial charge in [0.1, 0.15) is 6.10 Å². The lowest BCUT2D eigenvalue weighted by Crippen LogP contribution is -2.52. The Morgan fingerprint density at radius 2 is 2.60 bits per heavy atom. The third kappa shape index (κ3) is 1.46. The number of ether oxygens (including phenoxy) is 1. The summed E-state index contributed by atoms with van der Waals surface area (Å²) in [5, 5.41) is 2.74. The molecule has 0 radical (unpaired) electrons. The van der Waals surface area contributed by atoms with Crippen LogP contribution < -0.4 is 11.1 Å². The molecule has 0 aliphatic carbocycles. The van der Waals surface area contributed by atoms with Gasteiger partial charge in [0.15, 0.2) is 0 Å². The van der Waals surface area contributed by atoms with Crippen LogP contribution in [0.15, 0.2) is 0 Å². The Morgan fingerprint density at radius 1 is 1.90 bits per heavy atom. The molecule has 0 aromatic carbocycles. The molecule has 1 saturated heterocycles. The van der Waals surface area contributed by atoms with Crippen LogP contribution in [0, 0.1) is 0 Å². The van der Waals surface area contributed by atoms with Gasteiger partial charge in [0.25, 0.3) is 5.91 Å². The predicted octanol–water partition coefficient (Wildman–Crippen LogP) is -1.15. The van der Waals surface area contributed by atoms with Crippen molar-refractivity contribution >= 4 is 5.91 Å². The number of rotatable bonds is 1. The quantitative estimate of drug-likeness (QED) is 0.488. The highest BCUT2D eigenvalue weighted by atomic mass is 16.5. The summed E-state index contributed by atoms with van der Waals surface area (Å²) in [5.41, 5.74) is 5.25. The summed E-state index contributed by atoms with van der Waals surface area (Å²) in [6.07, 6.45) is -0.434. The zero-order valence-corrected chi connectivity index (χ0v) is 5.96. The van der Waals surface area contributed by atoms with Crippen molar-refractivity contribution in [1.29, 1.82) is 0 Å². The van der Waals surface area contributed by atoms with Gasteiger partial charge >= 0.3 is 0 Å². The Kier molecular flexibility index (Phi) is 2.24. The Hall–Kier alpha value is -0.610. The smallest absolute Gasteiger partial charge is 0.250 e. The highest BCUT2D eigenvalue weighted by Crippen LogP contribution is 1.99. The highest BCUT2D eigenvalue weighted by Gasteiger charge is 2.24. The largest absolute Gasteiger partial charge is 0.365 e.